The molecular weight excluding hydrogens is 471 g/mol. The van der Waals surface area contributed by atoms with E-state index in [1.54, 1.807) is 0 Å². The van der Waals surface area contributed by atoms with Gasteiger partial charge < -0.3 is 10.2 Å². The van der Waals surface area contributed by atoms with Gasteiger partial charge in [0, 0.05) is 5.56 Å². The van der Waals surface area contributed by atoms with Crippen LogP contribution < -0.4 is 5.30 Å². The van der Waals surface area contributed by atoms with Crippen LogP contribution in [0.1, 0.15) is 36.6 Å². The second-order valence-electron chi connectivity index (χ2n) is 8.13. The van der Waals surface area contributed by atoms with Gasteiger partial charge in [-0.3, -0.25) is 4.79 Å². The summed E-state index contributed by atoms with van der Waals surface area (Å²) in [5, 5.41) is 23.0. The second kappa shape index (κ2) is 10.9. The molecule has 0 radical (unpaired) electrons. The number of carbonyl (C=O) groups excluding carboxylic acids is 1. The summed E-state index contributed by atoms with van der Waals surface area (Å²) in [6, 6.07) is 32.7. The molecule has 0 bridgehead atoms. The highest BCUT2D eigenvalue weighted by Gasteiger charge is 2.14. The Morgan fingerprint density at radius 2 is 1.11 bits per heavy atom. The summed E-state index contributed by atoms with van der Waals surface area (Å²) in [7, 11) is 0.143. The van der Waals surface area contributed by atoms with Crippen LogP contribution >= 0.6 is 8.58 Å². The lowest BCUT2D eigenvalue weighted by Crippen LogP contribution is -2.06. The van der Waals surface area contributed by atoms with Gasteiger partial charge >= 0.3 is 11.9 Å². The van der Waals surface area contributed by atoms with Crippen molar-refractivity contribution in [3.05, 3.63) is 125 Å². The van der Waals surface area contributed by atoms with Crippen molar-refractivity contribution in [1.29, 1.82) is 0 Å². The van der Waals surface area contributed by atoms with Crippen LogP contribution in [0.5, 0.6) is 0 Å². The van der Waals surface area contributed by atoms with E-state index in [4.69, 9.17) is 10.2 Å². The van der Waals surface area contributed by atoms with Crippen molar-refractivity contribution in [2.45, 2.75) is 6.92 Å². The predicted octanol–water partition coefficient (Wildman–Crippen LogP) is 6.53. The van der Waals surface area contributed by atoms with Crippen LogP contribution in [-0.4, -0.2) is 27.7 Å². The second-order valence-corrected chi connectivity index (χ2v) is 9.41. The summed E-state index contributed by atoms with van der Waals surface area (Å²) in [6.07, 6.45) is 0. The molecule has 2 N–H and O–H groups in total. The molecule has 0 amide bonds. The Kier molecular flexibility index (Phi) is 7.53. The maximum atomic E-state index is 12.8. The zero-order chi connectivity index (χ0) is 25.7. The number of fused-ring (bicyclic) bond motifs is 2. The highest BCUT2D eigenvalue weighted by molar-refractivity contribution is 7.66. The topological polar surface area (TPSA) is 91.7 Å². The summed E-state index contributed by atoms with van der Waals surface area (Å²) >= 11 is 0. The number of rotatable bonds is 5. The Morgan fingerprint density at radius 3 is 1.78 bits per heavy atom. The molecule has 5 aromatic carbocycles. The molecule has 6 heteroatoms. The highest BCUT2D eigenvalue weighted by atomic mass is 31.1. The molecule has 0 fully saturated rings. The van der Waals surface area contributed by atoms with Crippen molar-refractivity contribution in [2.75, 3.05) is 0 Å². The first-order chi connectivity index (χ1) is 17.3. The van der Waals surface area contributed by atoms with Crippen LogP contribution in [0.4, 0.5) is 0 Å². The Bertz CT molecular complexity index is 1570. The van der Waals surface area contributed by atoms with Crippen LogP contribution in [0.2, 0.25) is 0 Å². The minimum Gasteiger partial charge on any atom is -0.478 e. The first-order valence-electron chi connectivity index (χ1n) is 11.2. The average Bonchev–Trinajstić information content (AvgIpc) is 2.88. The smallest absolute Gasteiger partial charge is 0.335 e. The van der Waals surface area contributed by atoms with E-state index in [9.17, 15) is 14.4 Å². The van der Waals surface area contributed by atoms with Crippen LogP contribution in [0.3, 0.4) is 0 Å². The normalized spacial score (nSPS) is 10.8. The van der Waals surface area contributed by atoms with Gasteiger partial charge in [0.25, 0.3) is 0 Å². The number of aromatic carboxylic acids is 2. The molecule has 0 spiro atoms. The number of carboxylic acids is 2. The molecule has 36 heavy (non-hydrogen) atoms. The zero-order valence-electron chi connectivity index (χ0n) is 19.4. The number of carbonyl (C=O) groups is 3. The summed E-state index contributed by atoms with van der Waals surface area (Å²) in [5.41, 5.74) is 1.34. The van der Waals surface area contributed by atoms with E-state index >= 15 is 0 Å². The summed E-state index contributed by atoms with van der Waals surface area (Å²) in [5.74, 6) is -2.22. The molecule has 5 aromatic rings. The van der Waals surface area contributed by atoms with Crippen LogP contribution in [-0.2, 0) is 0 Å². The van der Waals surface area contributed by atoms with E-state index in [-0.39, 0.29) is 30.8 Å². The van der Waals surface area contributed by atoms with Gasteiger partial charge in [0.05, 0.1) is 11.1 Å². The molecular formula is C30H23O5P. The zero-order valence-corrected chi connectivity index (χ0v) is 20.4. The highest BCUT2D eigenvalue weighted by Crippen LogP contribution is 2.26. The number of hydrogen-bond acceptors (Lipinski definition) is 3. The quantitative estimate of drug-likeness (QED) is 0.271. The first kappa shape index (κ1) is 24.8. The Hall–Kier alpha value is -4.34. The van der Waals surface area contributed by atoms with Crippen molar-refractivity contribution in [1.82, 2.24) is 0 Å². The summed E-state index contributed by atoms with van der Waals surface area (Å²) in [4.78, 5) is 34.0. The number of carboxylic acid groups (broad SMARTS) is 2. The largest absolute Gasteiger partial charge is 0.478 e. The van der Waals surface area contributed by atoms with E-state index in [1.165, 1.54) is 35.9 Å². The van der Waals surface area contributed by atoms with Gasteiger partial charge in [0.15, 0.2) is 5.52 Å². The van der Waals surface area contributed by atoms with Gasteiger partial charge in [0.2, 0.25) is 0 Å². The molecule has 1 unspecified atom stereocenters. The Morgan fingerprint density at radius 1 is 0.583 bits per heavy atom. The molecule has 0 saturated carbocycles. The summed E-state index contributed by atoms with van der Waals surface area (Å²) in [6.45, 7) is 1.48. The minimum absolute atomic E-state index is 0.0277. The van der Waals surface area contributed by atoms with Crippen molar-refractivity contribution in [3.8, 4) is 0 Å². The molecule has 1 atom stereocenters. The SMILES string of the molecule is Cc1c(C(=O)O)cccc1C(=O)O.O=C(Pc1ccc2ccccc2c1)c1cccc2ccccc12. The molecule has 0 heterocycles. The molecule has 0 aliphatic rings. The average molecular weight is 494 g/mol. The van der Waals surface area contributed by atoms with Gasteiger partial charge in [-0.25, -0.2) is 9.59 Å². The summed E-state index contributed by atoms with van der Waals surface area (Å²) < 4.78 is 0. The van der Waals surface area contributed by atoms with Crippen molar-refractivity contribution in [3.63, 3.8) is 0 Å². The standard InChI is InChI=1S/C21H15OP.C9H8O4/c22-21(20-11-5-9-16-7-3-4-10-19(16)20)23-18-13-12-15-6-1-2-8-17(15)14-18;1-5-6(8(10)11)3-2-4-7(5)9(12)13/h1-14,23H;2-4H,1H3,(H,10,11)(H,12,13). The molecule has 5 rings (SSSR count). The van der Waals surface area contributed by atoms with Crippen molar-refractivity contribution in [2.24, 2.45) is 0 Å². The van der Waals surface area contributed by atoms with Crippen molar-refractivity contribution < 1.29 is 24.6 Å². The van der Waals surface area contributed by atoms with E-state index in [0.29, 0.717) is 0 Å². The van der Waals surface area contributed by atoms with E-state index in [1.807, 2.05) is 54.6 Å². The minimum atomic E-state index is -1.11. The van der Waals surface area contributed by atoms with Gasteiger partial charge in [-0.1, -0.05) is 84.9 Å². The van der Waals surface area contributed by atoms with Gasteiger partial charge in [-0.05, 0) is 66.1 Å². The fourth-order valence-corrected chi connectivity index (χ4v) is 5.00. The number of hydrogen-bond donors (Lipinski definition) is 2. The fourth-order valence-electron chi connectivity index (χ4n) is 3.99. The fraction of sp³-hybridized carbons (Fsp3) is 0.0333. The van der Waals surface area contributed by atoms with E-state index < -0.39 is 11.9 Å². The maximum absolute atomic E-state index is 12.8. The van der Waals surface area contributed by atoms with Crippen LogP contribution in [0.25, 0.3) is 21.5 Å². The lowest BCUT2D eigenvalue weighted by Gasteiger charge is -2.07. The molecule has 0 saturated heterocycles. The third kappa shape index (κ3) is 5.48. The molecule has 0 aliphatic carbocycles. The first-order valence-corrected chi connectivity index (χ1v) is 12.2. The molecule has 178 valence electrons. The Balaban J connectivity index is 0.000000200. The van der Waals surface area contributed by atoms with Crippen LogP contribution in [0, 0.1) is 6.92 Å². The van der Waals surface area contributed by atoms with E-state index in [2.05, 4.69) is 30.3 Å². The lowest BCUT2D eigenvalue weighted by atomic mass is 10.0. The predicted molar refractivity (Wildman–Crippen MR) is 145 cm³/mol. The molecule has 5 nitrogen and oxygen atoms in total. The monoisotopic (exact) mass is 494 g/mol. The van der Waals surface area contributed by atoms with Gasteiger partial charge in [0.1, 0.15) is 0 Å². The van der Waals surface area contributed by atoms with Gasteiger partial charge in [-0.15, -0.1) is 0 Å². The third-order valence-electron chi connectivity index (χ3n) is 5.84. The third-order valence-corrected chi connectivity index (χ3v) is 6.93. The Labute approximate surface area is 209 Å². The lowest BCUT2D eigenvalue weighted by molar-refractivity contribution is 0.0696. The number of benzene rings is 5. The van der Waals surface area contributed by atoms with Crippen LogP contribution in [0.15, 0.2) is 103 Å². The van der Waals surface area contributed by atoms with E-state index in [0.717, 1.165) is 21.6 Å². The molecule has 0 aliphatic heterocycles. The van der Waals surface area contributed by atoms with Gasteiger partial charge in [-0.2, -0.15) is 0 Å². The maximum Gasteiger partial charge on any atom is 0.335 e. The molecule has 0 aromatic heterocycles. The van der Waals surface area contributed by atoms with Crippen molar-refractivity contribution >= 4 is 52.9 Å².